The number of carbonyl (C=O) groups is 11. The van der Waals surface area contributed by atoms with E-state index in [1.54, 1.807) is 0 Å². The maximum absolute atomic E-state index is 13.0. The number of hydrogen-bond acceptors (Lipinski definition) is 11. The van der Waals surface area contributed by atoms with Crippen LogP contribution in [-0.4, -0.2) is 122 Å². The van der Waals surface area contributed by atoms with Gasteiger partial charge in [0.1, 0.15) is 5.78 Å². The average Bonchev–Trinajstić information content (AvgIpc) is 3.77. The van der Waals surface area contributed by atoms with Crippen molar-refractivity contribution in [1.29, 1.82) is 0 Å². The highest BCUT2D eigenvalue weighted by molar-refractivity contribution is 6.15. The van der Waals surface area contributed by atoms with Gasteiger partial charge in [0, 0.05) is 80.5 Å². The highest BCUT2D eigenvalue weighted by Gasteiger charge is 2.37. The third kappa shape index (κ3) is 9.15. The molecule has 0 saturated carbocycles. The monoisotopic (exact) mass is 678 g/mol. The van der Waals surface area contributed by atoms with Gasteiger partial charge in [0.25, 0.3) is 47.3 Å². The Morgan fingerprint density at radius 2 is 0.898 bits per heavy atom. The number of amides is 10. The van der Waals surface area contributed by atoms with Gasteiger partial charge in [-0.1, -0.05) is 0 Å². The van der Waals surface area contributed by atoms with Crippen molar-refractivity contribution in [3.05, 3.63) is 48.6 Å². The second-order valence-corrected chi connectivity index (χ2v) is 11.7. The minimum Gasteiger partial charge on any atom is -0.354 e. The van der Waals surface area contributed by atoms with Gasteiger partial charge in [-0.05, 0) is 26.2 Å². The van der Waals surface area contributed by atoms with Gasteiger partial charge < -0.3 is 15.4 Å². The molecule has 0 aromatic rings. The highest BCUT2D eigenvalue weighted by Crippen LogP contribution is 2.19. The van der Waals surface area contributed by atoms with Crippen LogP contribution < -0.4 is 10.6 Å². The molecule has 4 aliphatic rings. The Bertz CT molecular complexity index is 1550. The summed E-state index contributed by atoms with van der Waals surface area (Å²) in [6.07, 6.45) is 7.98. The van der Waals surface area contributed by atoms with Crippen LogP contribution in [0.5, 0.6) is 0 Å². The molecule has 0 bridgehead atoms. The minimum absolute atomic E-state index is 0.0677. The molecule has 3 atom stereocenters. The van der Waals surface area contributed by atoms with E-state index in [9.17, 15) is 52.7 Å². The maximum Gasteiger partial charge on any atom is 0.253 e. The fourth-order valence-electron chi connectivity index (χ4n) is 5.61. The molecule has 0 aromatic carbocycles. The average molecular weight is 679 g/mol. The smallest absolute Gasteiger partial charge is 0.253 e. The molecular formula is C32H34N6O11. The Morgan fingerprint density at radius 1 is 0.531 bits per heavy atom. The van der Waals surface area contributed by atoms with Crippen LogP contribution in [-0.2, 0) is 52.7 Å². The van der Waals surface area contributed by atoms with E-state index in [0.29, 0.717) is 0 Å². The summed E-state index contributed by atoms with van der Waals surface area (Å²) < 4.78 is 0. The van der Waals surface area contributed by atoms with E-state index in [1.165, 1.54) is 6.92 Å². The number of nitrogens with one attached hydrogen (secondary N) is 2. The van der Waals surface area contributed by atoms with E-state index < -0.39 is 77.2 Å². The molecule has 0 fully saturated rings. The van der Waals surface area contributed by atoms with Crippen LogP contribution in [0.2, 0.25) is 0 Å². The Labute approximate surface area is 279 Å². The van der Waals surface area contributed by atoms with Crippen LogP contribution in [0.3, 0.4) is 0 Å². The summed E-state index contributed by atoms with van der Waals surface area (Å²) in [6, 6.07) is -2.71. The number of imide groups is 4. The summed E-state index contributed by atoms with van der Waals surface area (Å²) in [7, 11) is 0. The molecule has 2 N–H and O–H groups in total. The lowest BCUT2D eigenvalue weighted by molar-refractivity contribution is -0.145. The number of carbonyl (C=O) groups excluding carboxylic acids is 11. The number of rotatable bonds is 18. The molecule has 4 rings (SSSR count). The second-order valence-electron chi connectivity index (χ2n) is 11.7. The van der Waals surface area contributed by atoms with E-state index >= 15 is 0 Å². The van der Waals surface area contributed by atoms with Gasteiger partial charge in [0.15, 0.2) is 0 Å². The first-order valence-electron chi connectivity index (χ1n) is 15.5. The molecule has 0 saturated heterocycles. The lowest BCUT2D eigenvalue weighted by atomic mass is 10.1. The first-order chi connectivity index (χ1) is 23.2. The third-order valence-corrected chi connectivity index (χ3v) is 8.17. The van der Waals surface area contributed by atoms with Crippen LogP contribution in [0.15, 0.2) is 48.6 Å². The molecule has 258 valence electrons. The Hall–Kier alpha value is -5.87. The Morgan fingerprint density at radius 3 is 1.29 bits per heavy atom. The van der Waals surface area contributed by atoms with Crippen LogP contribution in [0.1, 0.15) is 45.4 Å². The van der Waals surface area contributed by atoms with E-state index in [-0.39, 0.29) is 63.9 Å². The summed E-state index contributed by atoms with van der Waals surface area (Å²) in [5, 5.41) is 5.37. The summed E-state index contributed by atoms with van der Waals surface area (Å²) in [5.74, 6) is -6.36. The highest BCUT2D eigenvalue weighted by atomic mass is 16.2. The lowest BCUT2D eigenvalue weighted by Gasteiger charge is -2.29. The summed E-state index contributed by atoms with van der Waals surface area (Å²) in [6.45, 7) is 0.620. The van der Waals surface area contributed by atoms with Crippen molar-refractivity contribution in [2.75, 3.05) is 19.6 Å². The third-order valence-electron chi connectivity index (χ3n) is 8.17. The van der Waals surface area contributed by atoms with Gasteiger partial charge in [-0.25, -0.2) is 0 Å². The van der Waals surface area contributed by atoms with Gasteiger partial charge >= 0.3 is 0 Å². The van der Waals surface area contributed by atoms with Gasteiger partial charge in [-0.3, -0.25) is 67.5 Å². The number of Topliss-reactive ketones (excluding diaryl/α,β-unsaturated/α-hetero) is 1. The standard InChI is InChI=1S/C32H34N6O11/c1-19(39)2-3-20(34-24(41)7-5-22(38-31(48)14-15-32(38)49)18-36-27(44)10-11-28(36)45)16-33-23(40)6-4-21(37-29(46)12-13-30(37)47)17-35-25(42)8-9-26(35)43/h8-15,20-22H,2-7,16-18H2,1H3,(H,33,40)(H,34,41). The molecule has 17 nitrogen and oxygen atoms in total. The maximum atomic E-state index is 13.0. The zero-order valence-corrected chi connectivity index (χ0v) is 26.5. The fraction of sp³-hybridized carbons (Fsp3) is 0.406. The summed E-state index contributed by atoms with van der Waals surface area (Å²) in [4.78, 5) is 139. The lowest BCUT2D eigenvalue weighted by Crippen LogP contribution is -2.49. The molecule has 10 amide bonds. The molecule has 4 heterocycles. The zero-order valence-electron chi connectivity index (χ0n) is 26.5. The van der Waals surface area contributed by atoms with Gasteiger partial charge in [0.2, 0.25) is 11.8 Å². The van der Waals surface area contributed by atoms with E-state index in [2.05, 4.69) is 10.6 Å². The summed E-state index contributed by atoms with van der Waals surface area (Å²) in [5.41, 5.74) is 0. The number of ketones is 1. The van der Waals surface area contributed by atoms with Gasteiger partial charge in [-0.15, -0.1) is 0 Å². The van der Waals surface area contributed by atoms with Crippen molar-refractivity contribution in [2.24, 2.45) is 0 Å². The van der Waals surface area contributed by atoms with Crippen LogP contribution >= 0.6 is 0 Å². The van der Waals surface area contributed by atoms with E-state index in [4.69, 9.17) is 0 Å². The van der Waals surface area contributed by atoms with Crippen molar-refractivity contribution in [3.8, 4) is 0 Å². The molecule has 17 heteroatoms. The molecule has 0 spiro atoms. The zero-order chi connectivity index (χ0) is 35.8. The van der Waals surface area contributed by atoms with E-state index in [1.807, 2.05) is 0 Å². The largest absolute Gasteiger partial charge is 0.354 e. The van der Waals surface area contributed by atoms with Crippen molar-refractivity contribution in [1.82, 2.24) is 30.2 Å². The Balaban J connectivity index is 1.34. The molecular weight excluding hydrogens is 644 g/mol. The fourth-order valence-corrected chi connectivity index (χ4v) is 5.61. The van der Waals surface area contributed by atoms with Crippen molar-refractivity contribution in [3.63, 3.8) is 0 Å². The van der Waals surface area contributed by atoms with Crippen molar-refractivity contribution in [2.45, 2.75) is 63.6 Å². The molecule has 0 aliphatic carbocycles. The molecule has 4 aliphatic heterocycles. The van der Waals surface area contributed by atoms with Crippen molar-refractivity contribution >= 4 is 64.9 Å². The SMILES string of the molecule is CC(=O)CCC(CNC(=O)CCC(CN1C(=O)C=CC1=O)N1C(=O)C=CC1=O)NC(=O)CCC(CN1C(=O)C=CC1=O)N1C(=O)C=CC1=O. The molecule has 49 heavy (non-hydrogen) atoms. The first-order valence-corrected chi connectivity index (χ1v) is 15.5. The molecule has 3 unspecified atom stereocenters. The number of hydrogen-bond donors (Lipinski definition) is 2. The van der Waals surface area contributed by atoms with Crippen LogP contribution in [0, 0.1) is 0 Å². The van der Waals surface area contributed by atoms with Crippen LogP contribution in [0.25, 0.3) is 0 Å². The van der Waals surface area contributed by atoms with Crippen molar-refractivity contribution < 1.29 is 52.7 Å². The van der Waals surface area contributed by atoms with Gasteiger partial charge in [-0.2, -0.15) is 0 Å². The Kier molecular flexibility index (Phi) is 11.6. The first kappa shape index (κ1) is 36.0. The summed E-state index contributed by atoms with van der Waals surface area (Å²) >= 11 is 0. The quantitative estimate of drug-likeness (QED) is 0.150. The second kappa shape index (κ2) is 15.8. The molecule has 0 aromatic heterocycles. The predicted molar refractivity (Wildman–Crippen MR) is 165 cm³/mol. The number of nitrogens with zero attached hydrogens (tertiary/aromatic N) is 4. The molecule has 0 radical (unpaired) electrons. The topological polar surface area (TPSA) is 225 Å². The van der Waals surface area contributed by atoms with E-state index in [0.717, 1.165) is 68.2 Å². The minimum atomic E-state index is -0.997. The van der Waals surface area contributed by atoms with Crippen LogP contribution in [0.4, 0.5) is 0 Å². The van der Waals surface area contributed by atoms with Gasteiger partial charge in [0.05, 0.1) is 25.2 Å². The normalized spacial score (nSPS) is 18.9. The predicted octanol–water partition coefficient (Wildman–Crippen LogP) is -2.05.